The van der Waals surface area contributed by atoms with Gasteiger partial charge in [-0.05, 0) is 54.6 Å². The number of nitrogens with one attached hydrogen (secondary N) is 2. The summed E-state index contributed by atoms with van der Waals surface area (Å²) in [7, 11) is 0. The van der Waals surface area contributed by atoms with E-state index in [-0.39, 0.29) is 5.75 Å². The molecule has 0 saturated carbocycles. The molecule has 0 radical (unpaired) electrons. The summed E-state index contributed by atoms with van der Waals surface area (Å²) < 4.78 is 6.11. The lowest BCUT2D eigenvalue weighted by Crippen LogP contribution is -2.32. The summed E-state index contributed by atoms with van der Waals surface area (Å²) in [5.74, 6) is -2.34. The lowest BCUT2D eigenvalue weighted by atomic mass is 10.2. The van der Waals surface area contributed by atoms with E-state index in [1.165, 1.54) is 18.3 Å². The zero-order valence-electron chi connectivity index (χ0n) is 16.1. The third-order valence-corrected chi connectivity index (χ3v) is 5.03. The summed E-state index contributed by atoms with van der Waals surface area (Å²) >= 11 is 15.1. The van der Waals surface area contributed by atoms with Gasteiger partial charge >= 0.3 is 17.8 Å². The first-order valence-corrected chi connectivity index (χ1v) is 10.5. The van der Waals surface area contributed by atoms with Crippen molar-refractivity contribution in [2.45, 2.75) is 0 Å². The zero-order chi connectivity index (χ0) is 23.1. The number of hydrogen-bond acceptors (Lipinski definition) is 5. The molecule has 0 saturated heterocycles. The van der Waals surface area contributed by atoms with Crippen LogP contribution in [0.3, 0.4) is 0 Å². The van der Waals surface area contributed by atoms with E-state index in [2.05, 4.69) is 31.8 Å². The third kappa shape index (κ3) is 6.40. The molecular weight excluding hydrogens is 521 g/mol. The van der Waals surface area contributed by atoms with E-state index in [0.29, 0.717) is 31.3 Å². The number of ether oxygens (including phenoxy) is 1. The number of carbonyl (C=O) groups excluding carboxylic acids is 3. The highest BCUT2D eigenvalue weighted by Crippen LogP contribution is 2.23. The van der Waals surface area contributed by atoms with E-state index in [9.17, 15) is 14.4 Å². The number of para-hydroxylation sites is 1. The Balaban J connectivity index is 1.67. The number of benzene rings is 3. The van der Waals surface area contributed by atoms with Gasteiger partial charge in [0.2, 0.25) is 0 Å². The van der Waals surface area contributed by atoms with Crippen LogP contribution in [0, 0.1) is 0 Å². The Morgan fingerprint density at radius 2 is 1.66 bits per heavy atom. The molecule has 162 valence electrons. The second kappa shape index (κ2) is 10.9. The van der Waals surface area contributed by atoms with Crippen LogP contribution in [0.25, 0.3) is 0 Å². The maximum absolute atomic E-state index is 12.4. The number of rotatable bonds is 5. The monoisotopic (exact) mass is 533 g/mol. The van der Waals surface area contributed by atoms with Crippen LogP contribution in [-0.2, 0) is 9.59 Å². The van der Waals surface area contributed by atoms with Crippen LogP contribution in [0.5, 0.6) is 5.75 Å². The standard InChI is InChI=1S/C22H14BrCl2N3O4/c23-15-7-10-19(32-22(31)13-5-8-16(24)9-6-13)14(11-15)12-26-28-21(30)20(29)27-18-4-2-1-3-17(18)25/h1-12H,(H,27,29)(H,28,30)/b26-12+. The Kier molecular flexibility index (Phi) is 7.99. The number of amides is 2. The van der Waals surface area contributed by atoms with E-state index in [0.717, 1.165) is 0 Å². The van der Waals surface area contributed by atoms with Gasteiger partial charge in [-0.1, -0.05) is 51.3 Å². The Morgan fingerprint density at radius 1 is 0.938 bits per heavy atom. The number of anilines is 1. The molecule has 10 heteroatoms. The van der Waals surface area contributed by atoms with Gasteiger partial charge in [0.05, 0.1) is 22.5 Å². The first kappa shape index (κ1) is 23.5. The fraction of sp³-hybridized carbons (Fsp3) is 0. The molecular formula is C22H14BrCl2N3O4. The smallest absolute Gasteiger partial charge is 0.343 e. The molecule has 0 atom stereocenters. The lowest BCUT2D eigenvalue weighted by Gasteiger charge is -2.08. The largest absolute Gasteiger partial charge is 0.422 e. The Morgan fingerprint density at radius 3 is 2.38 bits per heavy atom. The minimum Gasteiger partial charge on any atom is -0.422 e. The molecule has 32 heavy (non-hydrogen) atoms. The van der Waals surface area contributed by atoms with Crippen molar-refractivity contribution in [3.63, 3.8) is 0 Å². The molecule has 0 unspecified atom stereocenters. The minimum absolute atomic E-state index is 0.201. The molecule has 7 nitrogen and oxygen atoms in total. The molecule has 0 spiro atoms. The van der Waals surface area contributed by atoms with Gasteiger partial charge < -0.3 is 10.1 Å². The van der Waals surface area contributed by atoms with Crippen LogP contribution in [0.15, 0.2) is 76.3 Å². The number of hydrazone groups is 1. The van der Waals surface area contributed by atoms with E-state index < -0.39 is 17.8 Å². The molecule has 0 aliphatic rings. The first-order chi connectivity index (χ1) is 15.3. The van der Waals surface area contributed by atoms with Crippen molar-refractivity contribution in [1.82, 2.24) is 5.43 Å². The summed E-state index contributed by atoms with van der Waals surface area (Å²) in [6.45, 7) is 0. The number of halogens is 3. The fourth-order valence-electron chi connectivity index (χ4n) is 2.41. The van der Waals surface area contributed by atoms with Gasteiger partial charge in [0.25, 0.3) is 0 Å². The Bertz CT molecular complexity index is 1200. The van der Waals surface area contributed by atoms with Crippen LogP contribution in [0.2, 0.25) is 10.0 Å². The molecule has 3 rings (SSSR count). The van der Waals surface area contributed by atoms with Crippen molar-refractivity contribution in [2.75, 3.05) is 5.32 Å². The second-order valence-corrected chi connectivity index (χ2v) is 7.97. The van der Waals surface area contributed by atoms with E-state index in [4.69, 9.17) is 27.9 Å². The van der Waals surface area contributed by atoms with Gasteiger partial charge in [0.15, 0.2) is 0 Å². The van der Waals surface area contributed by atoms with Gasteiger partial charge in [-0.15, -0.1) is 0 Å². The lowest BCUT2D eigenvalue weighted by molar-refractivity contribution is -0.136. The molecule has 2 N–H and O–H groups in total. The van der Waals surface area contributed by atoms with E-state index in [1.54, 1.807) is 54.6 Å². The van der Waals surface area contributed by atoms with Crippen LogP contribution in [0.4, 0.5) is 5.69 Å². The Hall–Kier alpha value is -3.20. The first-order valence-electron chi connectivity index (χ1n) is 8.99. The van der Waals surface area contributed by atoms with Gasteiger partial charge in [-0.3, -0.25) is 9.59 Å². The maximum Gasteiger partial charge on any atom is 0.343 e. The number of hydrogen-bond donors (Lipinski definition) is 2. The van der Waals surface area contributed by atoms with Gasteiger partial charge in [0.1, 0.15) is 5.75 Å². The predicted octanol–water partition coefficient (Wildman–Crippen LogP) is 5.06. The van der Waals surface area contributed by atoms with Crippen molar-refractivity contribution in [3.05, 3.63) is 92.4 Å². The van der Waals surface area contributed by atoms with Crippen LogP contribution in [-0.4, -0.2) is 24.0 Å². The van der Waals surface area contributed by atoms with E-state index in [1.807, 2.05) is 0 Å². The number of esters is 1. The SMILES string of the molecule is O=C(N/N=C/c1cc(Br)ccc1OC(=O)c1ccc(Cl)cc1)C(=O)Nc1ccccc1Cl. The summed E-state index contributed by atoms with van der Waals surface area (Å²) in [5, 5.41) is 6.94. The van der Waals surface area contributed by atoms with Crippen molar-refractivity contribution in [1.29, 1.82) is 0 Å². The molecule has 3 aromatic carbocycles. The van der Waals surface area contributed by atoms with Crippen LogP contribution < -0.4 is 15.5 Å². The highest BCUT2D eigenvalue weighted by atomic mass is 79.9. The minimum atomic E-state index is -1.00. The molecule has 2 amide bonds. The van der Waals surface area contributed by atoms with Gasteiger partial charge in [0, 0.05) is 15.1 Å². The second-order valence-electron chi connectivity index (χ2n) is 6.21. The van der Waals surface area contributed by atoms with Gasteiger partial charge in [-0.2, -0.15) is 5.10 Å². The third-order valence-electron chi connectivity index (χ3n) is 3.95. The number of nitrogens with zero attached hydrogens (tertiary/aromatic N) is 1. The quantitative estimate of drug-likeness (QED) is 0.157. The van der Waals surface area contributed by atoms with Crippen molar-refractivity contribution in [3.8, 4) is 5.75 Å². The van der Waals surface area contributed by atoms with Crippen molar-refractivity contribution in [2.24, 2.45) is 5.10 Å². The fourth-order valence-corrected chi connectivity index (χ4v) is 3.10. The summed E-state index contributed by atoms with van der Waals surface area (Å²) in [6, 6.07) is 17.6. The summed E-state index contributed by atoms with van der Waals surface area (Å²) in [5.41, 5.74) is 3.10. The molecule has 0 heterocycles. The number of carbonyl (C=O) groups is 3. The highest BCUT2D eigenvalue weighted by Gasteiger charge is 2.15. The maximum atomic E-state index is 12.4. The van der Waals surface area contributed by atoms with Gasteiger partial charge in [-0.25, -0.2) is 10.2 Å². The summed E-state index contributed by atoms with van der Waals surface area (Å²) in [4.78, 5) is 36.4. The molecule has 0 aliphatic heterocycles. The van der Waals surface area contributed by atoms with E-state index >= 15 is 0 Å². The molecule has 0 bridgehead atoms. The average Bonchev–Trinajstić information content (AvgIpc) is 2.77. The Labute approximate surface area is 201 Å². The topological polar surface area (TPSA) is 96.9 Å². The molecule has 0 aliphatic carbocycles. The molecule has 0 aromatic heterocycles. The normalized spacial score (nSPS) is 10.6. The van der Waals surface area contributed by atoms with Crippen molar-refractivity contribution >= 4 is 68.8 Å². The predicted molar refractivity (Wildman–Crippen MR) is 126 cm³/mol. The zero-order valence-corrected chi connectivity index (χ0v) is 19.2. The van der Waals surface area contributed by atoms with Crippen molar-refractivity contribution < 1.29 is 19.1 Å². The molecule has 3 aromatic rings. The van der Waals surface area contributed by atoms with Crippen LogP contribution in [0.1, 0.15) is 15.9 Å². The average molecular weight is 535 g/mol. The molecule has 0 fully saturated rings. The van der Waals surface area contributed by atoms with Crippen LogP contribution >= 0.6 is 39.1 Å². The highest BCUT2D eigenvalue weighted by molar-refractivity contribution is 9.10. The summed E-state index contributed by atoms with van der Waals surface area (Å²) in [6.07, 6.45) is 1.25.